The van der Waals surface area contributed by atoms with Crippen LogP contribution in [0.5, 0.6) is 0 Å². The molecular formula is C17H29N5O4S. The molecular weight excluding hydrogens is 370 g/mol. The average Bonchev–Trinajstić information content (AvgIpc) is 2.59. The summed E-state index contributed by atoms with van der Waals surface area (Å²) in [6, 6.07) is 0. The Morgan fingerprint density at radius 3 is 2.44 bits per heavy atom. The van der Waals surface area contributed by atoms with Gasteiger partial charge in [-0.1, -0.05) is 0 Å². The SMILES string of the molecule is Cc1nc(CC(=O)NCCN2CCN(S(=O)(=O)C(C)C)CC2)c(C)c(=O)[nH]1. The Bertz CT molecular complexity index is 826. The molecule has 0 aliphatic carbocycles. The number of aryl methyl sites for hydroxylation is 1. The van der Waals surface area contributed by atoms with E-state index in [-0.39, 0.29) is 17.9 Å². The van der Waals surface area contributed by atoms with Gasteiger partial charge in [-0.15, -0.1) is 0 Å². The van der Waals surface area contributed by atoms with E-state index in [0.717, 1.165) is 0 Å². The molecule has 0 saturated carbocycles. The highest BCUT2D eigenvalue weighted by Gasteiger charge is 2.29. The standard InChI is InChI=1S/C17H29N5O4S/c1-12(2)27(25,26)22-9-7-21(8-10-22)6-5-18-16(23)11-15-13(3)17(24)20-14(4)19-15/h12H,5-11H2,1-4H3,(H,18,23)(H,19,20,24). The van der Waals surface area contributed by atoms with E-state index >= 15 is 0 Å². The highest BCUT2D eigenvalue weighted by Crippen LogP contribution is 2.12. The zero-order chi connectivity index (χ0) is 20.2. The normalized spacial score (nSPS) is 16.6. The number of sulfonamides is 1. The van der Waals surface area contributed by atoms with Gasteiger partial charge in [-0.05, 0) is 27.7 Å². The lowest BCUT2D eigenvalue weighted by atomic mass is 10.2. The molecule has 1 fully saturated rings. The van der Waals surface area contributed by atoms with Gasteiger partial charge in [-0.3, -0.25) is 14.5 Å². The number of carbonyl (C=O) groups is 1. The molecule has 0 aromatic carbocycles. The Morgan fingerprint density at radius 2 is 1.85 bits per heavy atom. The number of nitrogens with one attached hydrogen (secondary N) is 2. The van der Waals surface area contributed by atoms with E-state index < -0.39 is 15.3 Å². The van der Waals surface area contributed by atoms with Gasteiger partial charge in [0.1, 0.15) is 5.82 Å². The summed E-state index contributed by atoms with van der Waals surface area (Å²) in [7, 11) is -3.20. The highest BCUT2D eigenvalue weighted by atomic mass is 32.2. The molecule has 9 nitrogen and oxygen atoms in total. The number of amides is 1. The van der Waals surface area contributed by atoms with E-state index in [1.54, 1.807) is 27.7 Å². The lowest BCUT2D eigenvalue weighted by Crippen LogP contribution is -2.51. The van der Waals surface area contributed by atoms with Crippen LogP contribution in [0.25, 0.3) is 0 Å². The molecule has 1 aliphatic rings. The zero-order valence-electron chi connectivity index (χ0n) is 16.4. The van der Waals surface area contributed by atoms with Crippen molar-refractivity contribution in [2.45, 2.75) is 39.4 Å². The quantitative estimate of drug-likeness (QED) is 0.633. The van der Waals surface area contributed by atoms with Crippen LogP contribution in [0.3, 0.4) is 0 Å². The molecule has 0 radical (unpaired) electrons. The van der Waals surface area contributed by atoms with Crippen molar-refractivity contribution in [2.24, 2.45) is 0 Å². The summed E-state index contributed by atoms with van der Waals surface area (Å²) in [4.78, 5) is 32.8. The van der Waals surface area contributed by atoms with Gasteiger partial charge in [0.2, 0.25) is 15.9 Å². The minimum atomic E-state index is -3.20. The number of hydrogen-bond acceptors (Lipinski definition) is 6. The second-order valence-electron chi connectivity index (χ2n) is 7.08. The summed E-state index contributed by atoms with van der Waals surface area (Å²) >= 11 is 0. The van der Waals surface area contributed by atoms with Crippen LogP contribution in [0.4, 0.5) is 0 Å². The largest absolute Gasteiger partial charge is 0.354 e. The van der Waals surface area contributed by atoms with Crippen LogP contribution in [0.1, 0.15) is 30.9 Å². The van der Waals surface area contributed by atoms with Gasteiger partial charge in [-0.25, -0.2) is 13.4 Å². The van der Waals surface area contributed by atoms with E-state index in [9.17, 15) is 18.0 Å². The van der Waals surface area contributed by atoms with Crippen molar-refractivity contribution in [1.82, 2.24) is 24.5 Å². The molecule has 0 spiro atoms. The molecule has 2 heterocycles. The van der Waals surface area contributed by atoms with Crippen molar-refractivity contribution in [3.63, 3.8) is 0 Å². The molecule has 10 heteroatoms. The van der Waals surface area contributed by atoms with Crippen molar-refractivity contribution >= 4 is 15.9 Å². The van der Waals surface area contributed by atoms with Crippen LogP contribution in [0.15, 0.2) is 4.79 Å². The van der Waals surface area contributed by atoms with Crippen molar-refractivity contribution in [3.05, 3.63) is 27.4 Å². The maximum atomic E-state index is 12.2. The fraction of sp³-hybridized carbons (Fsp3) is 0.706. The van der Waals surface area contributed by atoms with Crippen molar-refractivity contribution in [2.75, 3.05) is 39.3 Å². The molecule has 2 rings (SSSR count). The fourth-order valence-electron chi connectivity index (χ4n) is 2.95. The van der Waals surface area contributed by atoms with E-state index in [0.29, 0.717) is 56.4 Å². The van der Waals surface area contributed by atoms with E-state index in [1.807, 2.05) is 0 Å². The van der Waals surface area contributed by atoms with Gasteiger partial charge in [0.05, 0.1) is 17.4 Å². The minimum absolute atomic E-state index is 0.0665. The molecule has 0 bridgehead atoms. The van der Waals surface area contributed by atoms with Gasteiger partial charge in [0, 0.05) is 44.8 Å². The maximum absolute atomic E-state index is 12.2. The summed E-state index contributed by atoms with van der Waals surface area (Å²) in [6.07, 6.45) is 0.0665. The molecule has 1 aromatic rings. The third-order valence-corrected chi connectivity index (χ3v) is 7.01. The van der Waals surface area contributed by atoms with Crippen LogP contribution in [0.2, 0.25) is 0 Å². The second-order valence-corrected chi connectivity index (χ2v) is 9.57. The van der Waals surface area contributed by atoms with Crippen LogP contribution >= 0.6 is 0 Å². The molecule has 152 valence electrons. The first-order chi connectivity index (χ1) is 12.6. The molecule has 2 N–H and O–H groups in total. The van der Waals surface area contributed by atoms with Gasteiger partial charge < -0.3 is 10.3 Å². The summed E-state index contributed by atoms with van der Waals surface area (Å²) in [5, 5.41) is 2.43. The number of carbonyl (C=O) groups excluding carboxylic acids is 1. The Labute approximate surface area is 160 Å². The van der Waals surface area contributed by atoms with Crippen molar-refractivity contribution < 1.29 is 13.2 Å². The van der Waals surface area contributed by atoms with Gasteiger partial charge in [-0.2, -0.15) is 4.31 Å². The smallest absolute Gasteiger partial charge is 0.254 e. The first-order valence-electron chi connectivity index (χ1n) is 9.15. The molecule has 0 atom stereocenters. The highest BCUT2D eigenvalue weighted by molar-refractivity contribution is 7.89. The number of aromatic nitrogens is 2. The van der Waals surface area contributed by atoms with E-state index in [4.69, 9.17) is 0 Å². The first kappa shape index (κ1) is 21.5. The third-order valence-electron chi connectivity index (χ3n) is 4.74. The summed E-state index contributed by atoms with van der Waals surface area (Å²) < 4.78 is 25.9. The Balaban J connectivity index is 1.76. The monoisotopic (exact) mass is 399 g/mol. The summed E-state index contributed by atoms with van der Waals surface area (Å²) in [5.74, 6) is 0.305. The van der Waals surface area contributed by atoms with Crippen molar-refractivity contribution in [3.8, 4) is 0 Å². The zero-order valence-corrected chi connectivity index (χ0v) is 17.2. The minimum Gasteiger partial charge on any atom is -0.354 e. The molecule has 1 saturated heterocycles. The average molecular weight is 400 g/mol. The molecule has 1 aromatic heterocycles. The van der Waals surface area contributed by atoms with Gasteiger partial charge in [0.15, 0.2) is 0 Å². The number of piperazine rings is 1. The molecule has 1 aliphatic heterocycles. The lowest BCUT2D eigenvalue weighted by molar-refractivity contribution is -0.120. The van der Waals surface area contributed by atoms with Crippen molar-refractivity contribution in [1.29, 1.82) is 0 Å². The lowest BCUT2D eigenvalue weighted by Gasteiger charge is -2.34. The number of H-pyrrole nitrogens is 1. The molecule has 1 amide bonds. The second kappa shape index (κ2) is 8.94. The molecule has 0 unspecified atom stereocenters. The topological polar surface area (TPSA) is 115 Å². The summed E-state index contributed by atoms with van der Waals surface area (Å²) in [5.41, 5.74) is 0.721. The van der Waals surface area contributed by atoms with Crippen LogP contribution in [-0.4, -0.2) is 78.0 Å². The third kappa shape index (κ3) is 5.60. The number of hydrogen-bond donors (Lipinski definition) is 2. The first-order valence-corrected chi connectivity index (χ1v) is 10.7. The Hall–Kier alpha value is -1.78. The summed E-state index contributed by atoms with van der Waals surface area (Å²) in [6.45, 7) is 10.1. The van der Waals surface area contributed by atoms with Crippen LogP contribution in [0, 0.1) is 13.8 Å². The van der Waals surface area contributed by atoms with Gasteiger partial charge >= 0.3 is 0 Å². The number of aromatic amines is 1. The number of rotatable bonds is 7. The van der Waals surface area contributed by atoms with E-state index in [1.165, 1.54) is 4.31 Å². The fourth-order valence-corrected chi connectivity index (χ4v) is 4.22. The Kier molecular flexibility index (Phi) is 7.12. The number of nitrogens with zero attached hydrogens (tertiary/aromatic N) is 3. The molecule has 27 heavy (non-hydrogen) atoms. The predicted octanol–water partition coefficient (Wildman–Crippen LogP) is -0.599. The Morgan fingerprint density at radius 1 is 1.22 bits per heavy atom. The van der Waals surface area contributed by atoms with Crippen LogP contribution < -0.4 is 10.9 Å². The van der Waals surface area contributed by atoms with Crippen LogP contribution in [-0.2, 0) is 21.2 Å². The maximum Gasteiger partial charge on any atom is 0.254 e. The van der Waals surface area contributed by atoms with Gasteiger partial charge in [0.25, 0.3) is 5.56 Å². The van der Waals surface area contributed by atoms with E-state index in [2.05, 4.69) is 20.2 Å². The predicted molar refractivity (Wildman–Crippen MR) is 103 cm³/mol.